The number of fused-ring (bicyclic) bond motifs is 1. The third kappa shape index (κ3) is 1.52. The predicted molar refractivity (Wildman–Crippen MR) is 71.4 cm³/mol. The molecule has 2 aliphatic rings. The second-order valence-electron chi connectivity index (χ2n) is 5.55. The fourth-order valence-electron chi connectivity index (χ4n) is 3.43. The van der Waals surface area contributed by atoms with Gasteiger partial charge in [0, 0.05) is 5.41 Å². The van der Waals surface area contributed by atoms with Crippen molar-refractivity contribution in [2.24, 2.45) is 11.3 Å². The van der Waals surface area contributed by atoms with Crippen molar-refractivity contribution in [2.75, 3.05) is 7.11 Å². The number of carbonyl (C=O) groups is 1. The van der Waals surface area contributed by atoms with E-state index in [2.05, 4.69) is 19.1 Å². The second kappa shape index (κ2) is 3.98. The highest BCUT2D eigenvalue weighted by molar-refractivity contribution is 6.07. The van der Waals surface area contributed by atoms with Crippen molar-refractivity contribution >= 4 is 11.4 Å². The van der Waals surface area contributed by atoms with Crippen LogP contribution >= 0.6 is 0 Å². The van der Waals surface area contributed by atoms with E-state index >= 15 is 0 Å². The molecule has 0 amide bonds. The van der Waals surface area contributed by atoms with Crippen LogP contribution in [0.2, 0.25) is 0 Å². The van der Waals surface area contributed by atoms with Gasteiger partial charge in [-0.2, -0.15) is 0 Å². The van der Waals surface area contributed by atoms with E-state index < -0.39 is 0 Å². The zero-order valence-electron chi connectivity index (χ0n) is 10.9. The lowest BCUT2D eigenvalue weighted by Gasteiger charge is -2.24. The molecule has 3 rings (SSSR count). The second-order valence-corrected chi connectivity index (χ2v) is 5.55. The van der Waals surface area contributed by atoms with Crippen molar-refractivity contribution in [1.29, 1.82) is 0 Å². The molecule has 1 aromatic rings. The van der Waals surface area contributed by atoms with Gasteiger partial charge in [-0.1, -0.05) is 25.5 Å². The summed E-state index contributed by atoms with van der Waals surface area (Å²) in [5.41, 5.74) is 2.26. The van der Waals surface area contributed by atoms with Crippen LogP contribution in [0.4, 0.5) is 0 Å². The maximum absolute atomic E-state index is 12.2. The van der Waals surface area contributed by atoms with Gasteiger partial charge in [-0.3, -0.25) is 4.79 Å². The van der Waals surface area contributed by atoms with Crippen molar-refractivity contribution in [1.82, 2.24) is 0 Å². The number of ether oxygens (including phenoxy) is 1. The van der Waals surface area contributed by atoms with E-state index in [0.717, 1.165) is 18.6 Å². The fourth-order valence-corrected chi connectivity index (χ4v) is 3.43. The lowest BCUT2D eigenvalue weighted by Crippen LogP contribution is -2.25. The molecule has 0 bridgehead atoms. The molecule has 0 saturated heterocycles. The van der Waals surface area contributed by atoms with Crippen molar-refractivity contribution in [3.05, 3.63) is 35.9 Å². The summed E-state index contributed by atoms with van der Waals surface area (Å²) in [6, 6.07) is 8.04. The summed E-state index contributed by atoms with van der Waals surface area (Å²) >= 11 is 0. The number of carbonyl (C=O) groups excluding carboxylic acids is 1. The first-order valence-corrected chi connectivity index (χ1v) is 6.55. The number of methoxy groups -OCH3 is 1. The number of hydrogen-bond acceptors (Lipinski definition) is 2. The Morgan fingerprint density at radius 3 is 2.67 bits per heavy atom. The highest BCUT2D eigenvalue weighted by Gasteiger charge is 2.49. The lowest BCUT2D eigenvalue weighted by atomic mass is 9.78. The van der Waals surface area contributed by atoms with Crippen LogP contribution < -0.4 is 4.74 Å². The molecule has 1 saturated carbocycles. The number of benzene rings is 1. The number of ketones is 1. The summed E-state index contributed by atoms with van der Waals surface area (Å²) in [7, 11) is 1.67. The minimum atomic E-state index is -0.130. The van der Waals surface area contributed by atoms with Crippen LogP contribution in [0.25, 0.3) is 5.57 Å². The van der Waals surface area contributed by atoms with Gasteiger partial charge < -0.3 is 4.74 Å². The van der Waals surface area contributed by atoms with E-state index in [0.29, 0.717) is 11.7 Å². The summed E-state index contributed by atoms with van der Waals surface area (Å²) in [6.45, 7) is 2.13. The Kier molecular flexibility index (Phi) is 2.54. The van der Waals surface area contributed by atoms with Crippen LogP contribution in [-0.2, 0) is 4.79 Å². The van der Waals surface area contributed by atoms with Gasteiger partial charge in [0.15, 0.2) is 5.78 Å². The molecule has 0 spiro atoms. The molecule has 1 aromatic carbocycles. The molecule has 2 aliphatic carbocycles. The third-order valence-corrected chi connectivity index (χ3v) is 4.61. The Labute approximate surface area is 108 Å². The van der Waals surface area contributed by atoms with E-state index in [1.165, 1.54) is 17.6 Å². The molecule has 2 nitrogen and oxygen atoms in total. The van der Waals surface area contributed by atoms with Gasteiger partial charge in [-0.15, -0.1) is 0 Å². The smallest absolute Gasteiger partial charge is 0.162 e. The molecule has 0 unspecified atom stereocenters. The number of allylic oxidation sites excluding steroid dienone is 2. The quantitative estimate of drug-likeness (QED) is 0.793. The standard InChI is InChI=1S/C16H18O2/c1-16-9-3-4-14(16)13(10-15(16)17)11-5-7-12(18-2)8-6-11/h5-8,10,14H,3-4,9H2,1-2H3/t14-,16-/m1/s1. The van der Waals surface area contributed by atoms with Gasteiger partial charge in [0.1, 0.15) is 5.75 Å². The van der Waals surface area contributed by atoms with Crippen LogP contribution in [0, 0.1) is 11.3 Å². The van der Waals surface area contributed by atoms with Gasteiger partial charge in [-0.25, -0.2) is 0 Å². The minimum absolute atomic E-state index is 0.130. The van der Waals surface area contributed by atoms with E-state index in [4.69, 9.17) is 4.74 Å². The predicted octanol–water partition coefficient (Wildman–Crippen LogP) is 3.47. The topological polar surface area (TPSA) is 26.3 Å². The Morgan fingerprint density at radius 2 is 2.00 bits per heavy atom. The molecule has 2 heteroatoms. The van der Waals surface area contributed by atoms with E-state index in [1.54, 1.807) is 7.11 Å². The molecular weight excluding hydrogens is 224 g/mol. The first kappa shape index (κ1) is 11.5. The lowest BCUT2D eigenvalue weighted by molar-refractivity contribution is -0.122. The Morgan fingerprint density at radius 1 is 1.28 bits per heavy atom. The van der Waals surface area contributed by atoms with Crippen LogP contribution in [0.3, 0.4) is 0 Å². The Bertz CT molecular complexity index is 512. The zero-order chi connectivity index (χ0) is 12.8. The van der Waals surface area contributed by atoms with Crippen LogP contribution in [-0.4, -0.2) is 12.9 Å². The molecule has 0 radical (unpaired) electrons. The first-order chi connectivity index (χ1) is 8.65. The van der Waals surface area contributed by atoms with Crippen molar-refractivity contribution in [2.45, 2.75) is 26.2 Å². The van der Waals surface area contributed by atoms with Gasteiger partial charge in [0.25, 0.3) is 0 Å². The minimum Gasteiger partial charge on any atom is -0.497 e. The molecule has 0 heterocycles. The average Bonchev–Trinajstić information content (AvgIpc) is 2.88. The Hall–Kier alpha value is -1.57. The Balaban J connectivity index is 1.97. The van der Waals surface area contributed by atoms with Crippen molar-refractivity contribution < 1.29 is 9.53 Å². The monoisotopic (exact) mass is 242 g/mol. The van der Waals surface area contributed by atoms with Crippen LogP contribution in [0.15, 0.2) is 30.3 Å². The van der Waals surface area contributed by atoms with Gasteiger partial charge in [0.05, 0.1) is 7.11 Å². The normalized spacial score (nSPS) is 30.2. The number of rotatable bonds is 2. The summed E-state index contributed by atoms with van der Waals surface area (Å²) in [4.78, 5) is 12.2. The zero-order valence-corrected chi connectivity index (χ0v) is 10.9. The summed E-state index contributed by atoms with van der Waals surface area (Å²) < 4.78 is 5.17. The molecule has 0 N–H and O–H groups in total. The summed E-state index contributed by atoms with van der Waals surface area (Å²) in [6.07, 6.45) is 5.21. The van der Waals surface area contributed by atoms with E-state index in [9.17, 15) is 4.79 Å². The molecular formula is C16H18O2. The SMILES string of the molecule is COc1ccc(C2=CC(=O)[C@]3(C)CCC[C@H]23)cc1. The van der Waals surface area contributed by atoms with Crippen molar-refractivity contribution in [3.8, 4) is 5.75 Å². The third-order valence-electron chi connectivity index (χ3n) is 4.61. The first-order valence-electron chi connectivity index (χ1n) is 6.55. The van der Waals surface area contributed by atoms with Gasteiger partial charge >= 0.3 is 0 Å². The summed E-state index contributed by atoms with van der Waals surface area (Å²) in [5, 5.41) is 0. The van der Waals surface area contributed by atoms with Crippen molar-refractivity contribution in [3.63, 3.8) is 0 Å². The van der Waals surface area contributed by atoms with Crippen LogP contribution in [0.1, 0.15) is 31.7 Å². The van der Waals surface area contributed by atoms with Gasteiger partial charge in [-0.05, 0) is 48.1 Å². The highest BCUT2D eigenvalue weighted by Crippen LogP contribution is 2.54. The maximum Gasteiger partial charge on any atom is 0.162 e. The highest BCUT2D eigenvalue weighted by atomic mass is 16.5. The summed E-state index contributed by atoms with van der Waals surface area (Å²) in [5.74, 6) is 1.59. The van der Waals surface area contributed by atoms with Crippen LogP contribution in [0.5, 0.6) is 5.75 Å². The molecule has 1 fully saturated rings. The molecule has 0 aliphatic heterocycles. The maximum atomic E-state index is 12.2. The van der Waals surface area contributed by atoms with E-state index in [1.807, 2.05) is 18.2 Å². The molecule has 2 atom stereocenters. The fraction of sp³-hybridized carbons (Fsp3) is 0.438. The molecule has 0 aromatic heterocycles. The van der Waals surface area contributed by atoms with Gasteiger partial charge in [0.2, 0.25) is 0 Å². The largest absolute Gasteiger partial charge is 0.497 e. The number of hydrogen-bond donors (Lipinski definition) is 0. The average molecular weight is 242 g/mol. The molecule has 18 heavy (non-hydrogen) atoms. The van der Waals surface area contributed by atoms with E-state index in [-0.39, 0.29) is 5.41 Å². The molecule has 94 valence electrons.